The number of nitrogens with zero attached hydrogens (tertiary/aromatic N) is 2. The molecule has 0 aliphatic heterocycles. The topological polar surface area (TPSA) is 8.17 Å². The second kappa shape index (κ2) is 4.92. The van der Waals surface area contributed by atoms with Crippen LogP contribution in [-0.2, 0) is 13.5 Å². The van der Waals surface area contributed by atoms with Crippen LogP contribution in [0.25, 0.3) is 10.9 Å². The van der Waals surface area contributed by atoms with Crippen LogP contribution in [0.3, 0.4) is 0 Å². The molecule has 0 saturated carbocycles. The molecule has 0 spiro atoms. The standard InChI is InChI=1S/C15H22N2/c1-12-13(9-7-11-16(2)3)14-8-5-6-10-15(14)17(12)4/h5-6,8,10H,7,9,11H2,1-4H3. The van der Waals surface area contributed by atoms with Gasteiger partial charge >= 0.3 is 0 Å². The maximum atomic E-state index is 2.31. The number of hydrogen-bond donors (Lipinski definition) is 0. The molecular formula is C15H22N2. The van der Waals surface area contributed by atoms with Crippen LogP contribution >= 0.6 is 0 Å². The molecule has 2 heteroatoms. The Kier molecular flexibility index (Phi) is 3.53. The first-order chi connectivity index (χ1) is 8.11. The molecule has 0 unspecified atom stereocenters. The van der Waals surface area contributed by atoms with E-state index in [1.54, 1.807) is 0 Å². The second-order valence-electron chi connectivity index (χ2n) is 5.05. The van der Waals surface area contributed by atoms with Crippen LogP contribution in [-0.4, -0.2) is 30.1 Å². The summed E-state index contributed by atoms with van der Waals surface area (Å²) < 4.78 is 2.31. The number of fused-ring (bicyclic) bond motifs is 1. The summed E-state index contributed by atoms with van der Waals surface area (Å²) in [6.07, 6.45) is 2.40. The Balaban J connectivity index is 2.30. The third-order valence-corrected chi connectivity index (χ3v) is 3.56. The molecule has 0 bridgehead atoms. The summed E-state index contributed by atoms with van der Waals surface area (Å²) in [6.45, 7) is 3.38. The third kappa shape index (κ3) is 2.37. The van der Waals surface area contributed by atoms with E-state index in [9.17, 15) is 0 Å². The number of rotatable bonds is 4. The van der Waals surface area contributed by atoms with Gasteiger partial charge in [-0.1, -0.05) is 18.2 Å². The van der Waals surface area contributed by atoms with Crippen molar-refractivity contribution in [1.29, 1.82) is 0 Å². The summed E-state index contributed by atoms with van der Waals surface area (Å²) in [4.78, 5) is 2.25. The molecule has 17 heavy (non-hydrogen) atoms. The van der Waals surface area contributed by atoms with Crippen molar-refractivity contribution in [1.82, 2.24) is 9.47 Å². The van der Waals surface area contributed by atoms with Gasteiger partial charge in [0, 0.05) is 23.6 Å². The van der Waals surface area contributed by atoms with E-state index in [4.69, 9.17) is 0 Å². The maximum absolute atomic E-state index is 2.31. The Morgan fingerprint density at radius 1 is 1.18 bits per heavy atom. The smallest absolute Gasteiger partial charge is 0.0482 e. The molecule has 0 N–H and O–H groups in total. The Bertz CT molecular complexity index is 509. The fourth-order valence-corrected chi connectivity index (χ4v) is 2.49. The van der Waals surface area contributed by atoms with Gasteiger partial charge in [0.15, 0.2) is 0 Å². The van der Waals surface area contributed by atoms with Gasteiger partial charge in [-0.15, -0.1) is 0 Å². The Morgan fingerprint density at radius 3 is 2.59 bits per heavy atom. The van der Waals surface area contributed by atoms with E-state index in [2.05, 4.69) is 61.8 Å². The predicted molar refractivity (Wildman–Crippen MR) is 74.5 cm³/mol. The third-order valence-electron chi connectivity index (χ3n) is 3.56. The quantitative estimate of drug-likeness (QED) is 0.784. The Hall–Kier alpha value is -1.28. The minimum absolute atomic E-state index is 1.16. The van der Waals surface area contributed by atoms with Crippen molar-refractivity contribution in [3.8, 4) is 0 Å². The van der Waals surface area contributed by atoms with Crippen molar-refractivity contribution in [3.05, 3.63) is 35.5 Å². The van der Waals surface area contributed by atoms with Gasteiger partial charge in [-0.25, -0.2) is 0 Å². The van der Waals surface area contributed by atoms with Crippen molar-refractivity contribution >= 4 is 10.9 Å². The van der Waals surface area contributed by atoms with Gasteiger partial charge in [-0.3, -0.25) is 0 Å². The van der Waals surface area contributed by atoms with E-state index in [1.165, 1.54) is 35.0 Å². The van der Waals surface area contributed by atoms with Gasteiger partial charge < -0.3 is 9.47 Å². The Morgan fingerprint density at radius 2 is 1.88 bits per heavy atom. The van der Waals surface area contributed by atoms with Crippen LogP contribution in [0.4, 0.5) is 0 Å². The number of aryl methyl sites for hydroxylation is 2. The summed E-state index contributed by atoms with van der Waals surface area (Å²) in [5.74, 6) is 0. The van der Waals surface area contributed by atoms with E-state index in [-0.39, 0.29) is 0 Å². The number of aromatic nitrogens is 1. The number of hydrogen-bond acceptors (Lipinski definition) is 1. The van der Waals surface area contributed by atoms with E-state index in [0.717, 1.165) is 6.54 Å². The minimum Gasteiger partial charge on any atom is -0.348 e. The highest BCUT2D eigenvalue weighted by Gasteiger charge is 2.10. The maximum Gasteiger partial charge on any atom is 0.0482 e. The Labute approximate surface area is 104 Å². The van der Waals surface area contributed by atoms with Crippen molar-refractivity contribution in [2.24, 2.45) is 7.05 Å². The van der Waals surface area contributed by atoms with Gasteiger partial charge in [0.25, 0.3) is 0 Å². The molecular weight excluding hydrogens is 208 g/mol. The van der Waals surface area contributed by atoms with Crippen molar-refractivity contribution in [2.45, 2.75) is 19.8 Å². The van der Waals surface area contributed by atoms with Crippen LogP contribution < -0.4 is 0 Å². The largest absolute Gasteiger partial charge is 0.348 e. The molecule has 1 aromatic heterocycles. The monoisotopic (exact) mass is 230 g/mol. The van der Waals surface area contributed by atoms with Crippen LogP contribution in [0.2, 0.25) is 0 Å². The van der Waals surface area contributed by atoms with Crippen molar-refractivity contribution < 1.29 is 0 Å². The van der Waals surface area contributed by atoms with E-state index in [1.807, 2.05) is 0 Å². The molecule has 0 fully saturated rings. The molecule has 1 heterocycles. The molecule has 0 aliphatic rings. The van der Waals surface area contributed by atoms with Gasteiger partial charge in [0.05, 0.1) is 0 Å². The van der Waals surface area contributed by atoms with E-state index in [0.29, 0.717) is 0 Å². The van der Waals surface area contributed by atoms with E-state index >= 15 is 0 Å². The minimum atomic E-state index is 1.16. The van der Waals surface area contributed by atoms with Crippen molar-refractivity contribution in [3.63, 3.8) is 0 Å². The van der Waals surface area contributed by atoms with Gasteiger partial charge in [0.1, 0.15) is 0 Å². The number of para-hydroxylation sites is 1. The molecule has 2 rings (SSSR count). The lowest BCUT2D eigenvalue weighted by Gasteiger charge is -2.09. The fourth-order valence-electron chi connectivity index (χ4n) is 2.49. The average molecular weight is 230 g/mol. The normalized spacial score (nSPS) is 11.6. The fraction of sp³-hybridized carbons (Fsp3) is 0.467. The van der Waals surface area contributed by atoms with E-state index < -0.39 is 0 Å². The summed E-state index contributed by atoms with van der Waals surface area (Å²) in [5.41, 5.74) is 4.28. The zero-order valence-electron chi connectivity index (χ0n) is 11.3. The van der Waals surface area contributed by atoms with Gasteiger partial charge in [0.2, 0.25) is 0 Å². The lowest BCUT2D eigenvalue weighted by Crippen LogP contribution is -2.13. The molecule has 92 valence electrons. The summed E-state index contributed by atoms with van der Waals surface area (Å²) in [7, 11) is 6.43. The molecule has 0 radical (unpaired) electrons. The predicted octanol–water partition coefficient (Wildman–Crippen LogP) is 2.98. The summed E-state index contributed by atoms with van der Waals surface area (Å²) in [5, 5.41) is 1.42. The first kappa shape index (κ1) is 12.2. The highest BCUT2D eigenvalue weighted by Crippen LogP contribution is 2.25. The van der Waals surface area contributed by atoms with Crippen molar-refractivity contribution in [2.75, 3.05) is 20.6 Å². The number of benzene rings is 1. The van der Waals surface area contributed by atoms with Crippen LogP contribution in [0.1, 0.15) is 17.7 Å². The molecule has 1 aromatic carbocycles. The molecule has 2 nitrogen and oxygen atoms in total. The molecule has 0 amide bonds. The zero-order valence-corrected chi connectivity index (χ0v) is 11.3. The van der Waals surface area contributed by atoms with Gasteiger partial charge in [-0.2, -0.15) is 0 Å². The highest BCUT2D eigenvalue weighted by atomic mass is 15.0. The highest BCUT2D eigenvalue weighted by molar-refractivity contribution is 5.85. The molecule has 2 aromatic rings. The SMILES string of the molecule is Cc1c(CCCN(C)C)c2ccccc2n1C. The molecule has 0 atom stereocenters. The van der Waals surface area contributed by atoms with Crippen LogP contribution in [0.5, 0.6) is 0 Å². The zero-order chi connectivity index (χ0) is 12.4. The first-order valence-electron chi connectivity index (χ1n) is 6.29. The average Bonchev–Trinajstić information content (AvgIpc) is 2.54. The summed E-state index contributed by atoms with van der Waals surface area (Å²) >= 11 is 0. The molecule has 0 saturated heterocycles. The first-order valence-corrected chi connectivity index (χ1v) is 6.29. The van der Waals surface area contributed by atoms with Gasteiger partial charge in [-0.05, 0) is 52.0 Å². The second-order valence-corrected chi connectivity index (χ2v) is 5.05. The van der Waals surface area contributed by atoms with Crippen LogP contribution in [0, 0.1) is 6.92 Å². The lowest BCUT2D eigenvalue weighted by atomic mass is 10.1. The summed E-state index contributed by atoms with van der Waals surface area (Å²) in [6, 6.07) is 8.70. The van der Waals surface area contributed by atoms with Crippen LogP contribution in [0.15, 0.2) is 24.3 Å². The molecule has 0 aliphatic carbocycles. The lowest BCUT2D eigenvalue weighted by molar-refractivity contribution is 0.400.